The molecule has 0 aliphatic carbocycles. The van der Waals surface area contributed by atoms with E-state index in [-0.39, 0.29) is 18.6 Å². The standard InChI is InChI=1S/C15H23NO3/c1-4-13(10-17)16-15(18)7-8-19-14-6-5-11(2)12(3)9-14/h5-6,9,13,17H,4,7-8,10H2,1-3H3,(H,16,18). The third kappa shape index (κ3) is 5.30. The molecule has 1 amide bonds. The van der Waals surface area contributed by atoms with Crippen LogP contribution < -0.4 is 10.1 Å². The summed E-state index contributed by atoms with van der Waals surface area (Å²) in [5.41, 5.74) is 2.40. The van der Waals surface area contributed by atoms with Crippen LogP contribution in [0.4, 0.5) is 0 Å². The molecule has 1 unspecified atom stereocenters. The van der Waals surface area contributed by atoms with Crippen molar-refractivity contribution < 1.29 is 14.6 Å². The molecule has 0 heterocycles. The number of aliphatic hydroxyl groups excluding tert-OH is 1. The molecule has 19 heavy (non-hydrogen) atoms. The van der Waals surface area contributed by atoms with Gasteiger partial charge in [0, 0.05) is 0 Å². The van der Waals surface area contributed by atoms with Gasteiger partial charge in [0.2, 0.25) is 5.91 Å². The fourth-order valence-electron chi connectivity index (χ4n) is 1.64. The second-order valence-electron chi connectivity index (χ2n) is 4.70. The Hall–Kier alpha value is -1.55. The average Bonchev–Trinajstić information content (AvgIpc) is 2.40. The van der Waals surface area contributed by atoms with Crippen molar-refractivity contribution in [3.63, 3.8) is 0 Å². The quantitative estimate of drug-likeness (QED) is 0.792. The highest BCUT2D eigenvalue weighted by Crippen LogP contribution is 2.16. The second-order valence-corrected chi connectivity index (χ2v) is 4.70. The molecule has 106 valence electrons. The van der Waals surface area contributed by atoms with Gasteiger partial charge in [0.15, 0.2) is 0 Å². The first kappa shape index (κ1) is 15.5. The van der Waals surface area contributed by atoms with E-state index in [0.29, 0.717) is 13.0 Å². The van der Waals surface area contributed by atoms with Gasteiger partial charge in [-0.15, -0.1) is 0 Å². The summed E-state index contributed by atoms with van der Waals surface area (Å²) in [4.78, 5) is 11.6. The molecule has 0 fully saturated rings. The van der Waals surface area contributed by atoms with Crippen LogP contribution in [0.1, 0.15) is 30.9 Å². The molecule has 2 N–H and O–H groups in total. The van der Waals surface area contributed by atoms with E-state index in [2.05, 4.69) is 5.32 Å². The third-order valence-electron chi connectivity index (χ3n) is 3.15. The maximum atomic E-state index is 11.6. The average molecular weight is 265 g/mol. The van der Waals surface area contributed by atoms with E-state index in [9.17, 15) is 4.79 Å². The van der Waals surface area contributed by atoms with E-state index in [0.717, 1.165) is 12.2 Å². The summed E-state index contributed by atoms with van der Waals surface area (Å²) in [6, 6.07) is 5.72. The molecular weight excluding hydrogens is 242 g/mol. The molecule has 0 aliphatic heterocycles. The lowest BCUT2D eigenvalue weighted by atomic mass is 10.1. The van der Waals surface area contributed by atoms with Crippen LogP contribution >= 0.6 is 0 Å². The van der Waals surface area contributed by atoms with E-state index < -0.39 is 0 Å². The van der Waals surface area contributed by atoms with Gasteiger partial charge in [-0.3, -0.25) is 4.79 Å². The Bertz CT molecular complexity index is 414. The van der Waals surface area contributed by atoms with Gasteiger partial charge in [0.1, 0.15) is 5.75 Å². The molecule has 0 bridgehead atoms. The Balaban J connectivity index is 2.33. The fourth-order valence-corrected chi connectivity index (χ4v) is 1.64. The lowest BCUT2D eigenvalue weighted by Gasteiger charge is -2.14. The lowest BCUT2D eigenvalue weighted by Crippen LogP contribution is -2.37. The van der Waals surface area contributed by atoms with E-state index in [1.54, 1.807) is 0 Å². The monoisotopic (exact) mass is 265 g/mol. The molecule has 1 aromatic rings. The zero-order valence-electron chi connectivity index (χ0n) is 11.9. The molecule has 0 spiro atoms. The van der Waals surface area contributed by atoms with E-state index >= 15 is 0 Å². The second kappa shape index (κ2) is 7.79. The molecule has 0 saturated heterocycles. The number of hydrogen-bond donors (Lipinski definition) is 2. The lowest BCUT2D eigenvalue weighted by molar-refractivity contribution is -0.122. The van der Waals surface area contributed by atoms with Crippen molar-refractivity contribution in [2.75, 3.05) is 13.2 Å². The highest BCUT2D eigenvalue weighted by atomic mass is 16.5. The van der Waals surface area contributed by atoms with Crippen molar-refractivity contribution in [2.45, 2.75) is 39.7 Å². The zero-order chi connectivity index (χ0) is 14.3. The summed E-state index contributed by atoms with van der Waals surface area (Å²) in [6.07, 6.45) is 1.02. The number of aryl methyl sites for hydroxylation is 2. The van der Waals surface area contributed by atoms with E-state index in [1.807, 2.05) is 39.0 Å². The Labute approximate surface area is 114 Å². The van der Waals surface area contributed by atoms with Crippen molar-refractivity contribution >= 4 is 5.91 Å². The highest BCUT2D eigenvalue weighted by Gasteiger charge is 2.09. The number of rotatable bonds is 7. The number of amides is 1. The SMILES string of the molecule is CCC(CO)NC(=O)CCOc1ccc(C)c(C)c1. The minimum absolute atomic E-state index is 0.0275. The van der Waals surface area contributed by atoms with Gasteiger partial charge in [-0.25, -0.2) is 0 Å². The molecular formula is C15H23NO3. The van der Waals surface area contributed by atoms with Gasteiger partial charge in [-0.05, 0) is 43.5 Å². The van der Waals surface area contributed by atoms with Gasteiger partial charge >= 0.3 is 0 Å². The number of carbonyl (C=O) groups excluding carboxylic acids is 1. The van der Waals surface area contributed by atoms with Crippen LogP contribution in [-0.4, -0.2) is 30.3 Å². The van der Waals surface area contributed by atoms with Gasteiger partial charge in [-0.1, -0.05) is 13.0 Å². The molecule has 4 nitrogen and oxygen atoms in total. The smallest absolute Gasteiger partial charge is 0.223 e. The Morgan fingerprint density at radius 3 is 2.68 bits per heavy atom. The minimum atomic E-state index is -0.158. The summed E-state index contributed by atoms with van der Waals surface area (Å²) in [6.45, 7) is 6.32. The third-order valence-corrected chi connectivity index (χ3v) is 3.15. The van der Waals surface area contributed by atoms with Crippen LogP contribution in [0, 0.1) is 13.8 Å². The van der Waals surface area contributed by atoms with E-state index in [1.165, 1.54) is 11.1 Å². The van der Waals surface area contributed by atoms with Crippen molar-refractivity contribution in [2.24, 2.45) is 0 Å². The number of nitrogens with one attached hydrogen (secondary N) is 1. The largest absolute Gasteiger partial charge is 0.493 e. The molecule has 1 aromatic carbocycles. The van der Waals surface area contributed by atoms with Crippen LogP contribution in [0.3, 0.4) is 0 Å². The minimum Gasteiger partial charge on any atom is -0.493 e. The van der Waals surface area contributed by atoms with Crippen LogP contribution in [0.5, 0.6) is 5.75 Å². The highest BCUT2D eigenvalue weighted by molar-refractivity contribution is 5.76. The molecule has 0 saturated carbocycles. The van der Waals surface area contributed by atoms with Gasteiger partial charge < -0.3 is 15.2 Å². The number of benzene rings is 1. The number of hydrogen-bond acceptors (Lipinski definition) is 3. The summed E-state index contributed by atoms with van der Waals surface area (Å²) >= 11 is 0. The van der Waals surface area contributed by atoms with Crippen LogP contribution in [0.2, 0.25) is 0 Å². The van der Waals surface area contributed by atoms with Crippen molar-refractivity contribution in [1.29, 1.82) is 0 Å². The first-order chi connectivity index (χ1) is 9.06. The van der Waals surface area contributed by atoms with Gasteiger partial charge in [0.05, 0.1) is 25.7 Å². The fraction of sp³-hybridized carbons (Fsp3) is 0.533. The summed E-state index contributed by atoms with van der Waals surface area (Å²) in [5.74, 6) is 0.690. The van der Waals surface area contributed by atoms with Crippen molar-refractivity contribution in [3.8, 4) is 5.75 Å². The Morgan fingerprint density at radius 2 is 2.11 bits per heavy atom. The first-order valence-corrected chi connectivity index (χ1v) is 6.67. The Morgan fingerprint density at radius 1 is 1.37 bits per heavy atom. The summed E-state index contributed by atoms with van der Waals surface area (Å²) in [5, 5.41) is 11.7. The van der Waals surface area contributed by atoms with Crippen molar-refractivity contribution in [1.82, 2.24) is 5.32 Å². The number of aliphatic hydroxyl groups is 1. The molecule has 4 heteroatoms. The van der Waals surface area contributed by atoms with Gasteiger partial charge in [-0.2, -0.15) is 0 Å². The number of ether oxygens (including phenoxy) is 1. The molecule has 0 aromatic heterocycles. The number of carbonyl (C=O) groups is 1. The summed E-state index contributed by atoms with van der Waals surface area (Å²) < 4.78 is 5.54. The molecule has 0 radical (unpaired) electrons. The zero-order valence-corrected chi connectivity index (χ0v) is 11.9. The van der Waals surface area contributed by atoms with Crippen LogP contribution in [0.25, 0.3) is 0 Å². The van der Waals surface area contributed by atoms with Crippen LogP contribution in [-0.2, 0) is 4.79 Å². The predicted octanol–water partition coefficient (Wildman–Crippen LogP) is 1.96. The van der Waals surface area contributed by atoms with Crippen LogP contribution in [0.15, 0.2) is 18.2 Å². The topological polar surface area (TPSA) is 58.6 Å². The van der Waals surface area contributed by atoms with Crippen molar-refractivity contribution in [3.05, 3.63) is 29.3 Å². The molecule has 1 rings (SSSR count). The maximum Gasteiger partial charge on any atom is 0.223 e. The first-order valence-electron chi connectivity index (χ1n) is 6.67. The Kier molecular flexibility index (Phi) is 6.36. The molecule has 0 aliphatic rings. The maximum absolute atomic E-state index is 11.6. The summed E-state index contributed by atoms with van der Waals surface area (Å²) in [7, 11) is 0. The van der Waals surface area contributed by atoms with E-state index in [4.69, 9.17) is 9.84 Å². The molecule has 1 atom stereocenters. The normalized spacial score (nSPS) is 12.0. The van der Waals surface area contributed by atoms with Gasteiger partial charge in [0.25, 0.3) is 0 Å². The predicted molar refractivity (Wildman–Crippen MR) is 75.3 cm³/mol.